The molecule has 9 nitrogen and oxygen atoms in total. The zero-order valence-electron chi connectivity index (χ0n) is 21.6. The number of sulfone groups is 1. The molecule has 4 aromatic heterocycles. The third kappa shape index (κ3) is 5.23. The molecule has 12 heteroatoms. The highest BCUT2D eigenvalue weighted by Gasteiger charge is 2.28. The molecule has 0 radical (unpaired) electrons. The summed E-state index contributed by atoms with van der Waals surface area (Å²) in [6.45, 7) is 0.832. The molecule has 40 heavy (non-hydrogen) atoms. The van der Waals surface area contributed by atoms with Crippen LogP contribution >= 0.6 is 0 Å². The Balaban J connectivity index is 1.23. The van der Waals surface area contributed by atoms with E-state index in [9.17, 15) is 22.0 Å². The van der Waals surface area contributed by atoms with E-state index in [0.29, 0.717) is 17.1 Å². The zero-order valence-corrected chi connectivity index (χ0v) is 22.5. The van der Waals surface area contributed by atoms with Crippen molar-refractivity contribution < 1.29 is 22.0 Å². The molecule has 1 aliphatic heterocycles. The van der Waals surface area contributed by atoms with E-state index in [0.717, 1.165) is 60.6 Å². The number of nitrogens with zero attached hydrogens (tertiary/aromatic N) is 5. The summed E-state index contributed by atoms with van der Waals surface area (Å²) in [4.78, 5) is 32.0. The molecule has 5 heterocycles. The number of halogens is 2. The lowest BCUT2D eigenvalue weighted by Gasteiger charge is -2.29. The Hall–Kier alpha value is -4.06. The van der Waals surface area contributed by atoms with Gasteiger partial charge < -0.3 is 10.2 Å². The van der Waals surface area contributed by atoms with Crippen molar-refractivity contribution >= 4 is 38.3 Å². The van der Waals surface area contributed by atoms with Crippen molar-refractivity contribution in [2.45, 2.75) is 49.5 Å². The molecule has 0 bridgehead atoms. The van der Waals surface area contributed by atoms with E-state index in [1.165, 1.54) is 18.4 Å². The van der Waals surface area contributed by atoms with Crippen LogP contribution in [0.5, 0.6) is 0 Å². The monoisotopic (exact) mass is 564 g/mol. The highest BCUT2D eigenvalue weighted by Crippen LogP contribution is 2.41. The van der Waals surface area contributed by atoms with Crippen LogP contribution in [0.25, 0.3) is 10.9 Å². The van der Waals surface area contributed by atoms with Crippen LogP contribution in [0, 0.1) is 0 Å². The average molecular weight is 565 g/mol. The summed E-state index contributed by atoms with van der Waals surface area (Å²) in [5, 5.41) is 3.48. The van der Waals surface area contributed by atoms with Gasteiger partial charge in [-0.05, 0) is 61.6 Å². The largest absolute Gasteiger partial charge is 0.346 e. The molecule has 1 fully saturated rings. The predicted molar refractivity (Wildman–Crippen MR) is 145 cm³/mol. The average Bonchev–Trinajstić information content (AvgIpc) is 3.80. The lowest BCUT2D eigenvalue weighted by molar-refractivity contribution is 0.0948. The Kier molecular flexibility index (Phi) is 6.65. The maximum atomic E-state index is 13.2. The second-order valence-corrected chi connectivity index (χ2v) is 12.1. The van der Waals surface area contributed by atoms with Crippen molar-refractivity contribution in [2.75, 3.05) is 17.7 Å². The second-order valence-electron chi connectivity index (χ2n) is 10.1. The van der Waals surface area contributed by atoms with E-state index < -0.39 is 32.8 Å². The van der Waals surface area contributed by atoms with Crippen LogP contribution in [0.4, 0.5) is 20.4 Å². The van der Waals surface area contributed by atoms with E-state index in [4.69, 9.17) is 9.97 Å². The fourth-order valence-electron chi connectivity index (χ4n) is 4.89. The van der Waals surface area contributed by atoms with Gasteiger partial charge in [-0.2, -0.15) is 0 Å². The van der Waals surface area contributed by atoms with E-state index >= 15 is 0 Å². The van der Waals surface area contributed by atoms with Gasteiger partial charge in [0.05, 0.1) is 28.2 Å². The number of carbonyl (C=O) groups is 1. The van der Waals surface area contributed by atoms with Crippen LogP contribution in [0.2, 0.25) is 0 Å². The first-order chi connectivity index (χ1) is 19.2. The maximum absolute atomic E-state index is 13.2. The van der Waals surface area contributed by atoms with Crippen molar-refractivity contribution in [1.82, 2.24) is 25.3 Å². The number of anilines is 2. The van der Waals surface area contributed by atoms with Gasteiger partial charge in [0.1, 0.15) is 17.3 Å². The van der Waals surface area contributed by atoms with Gasteiger partial charge in [-0.1, -0.05) is 6.07 Å². The van der Waals surface area contributed by atoms with Crippen LogP contribution in [-0.2, 0) is 22.8 Å². The lowest BCUT2D eigenvalue weighted by Crippen LogP contribution is -2.27. The van der Waals surface area contributed by atoms with E-state index in [1.54, 1.807) is 12.3 Å². The number of carbonyl (C=O) groups excluding carboxylic acids is 1. The summed E-state index contributed by atoms with van der Waals surface area (Å²) in [6.07, 6.45) is 4.66. The van der Waals surface area contributed by atoms with Crippen molar-refractivity contribution in [3.05, 3.63) is 77.0 Å². The quantitative estimate of drug-likeness (QED) is 0.345. The molecule has 1 saturated carbocycles. The number of rotatable bonds is 7. The molecule has 1 N–H and O–H groups in total. The van der Waals surface area contributed by atoms with E-state index in [1.807, 2.05) is 12.1 Å². The molecule has 2 aliphatic rings. The number of aromatic nitrogens is 4. The topological polar surface area (TPSA) is 118 Å². The fourth-order valence-corrected chi connectivity index (χ4v) is 5.75. The number of hydrogen-bond donors (Lipinski definition) is 1. The second kappa shape index (κ2) is 10.2. The SMILES string of the molecule is CS(=O)(=O)c1cc(C(=O)NCc2cc3nc(N4CCCc5ccc(C6CC6)nc54)ccc3cn2)cnc1C(F)F. The van der Waals surface area contributed by atoms with E-state index in [-0.39, 0.29) is 12.1 Å². The summed E-state index contributed by atoms with van der Waals surface area (Å²) < 4.78 is 50.4. The number of amides is 1. The van der Waals surface area contributed by atoms with Gasteiger partial charge in [-0.25, -0.2) is 27.2 Å². The summed E-state index contributed by atoms with van der Waals surface area (Å²) in [6, 6.07) is 10.9. The summed E-state index contributed by atoms with van der Waals surface area (Å²) in [5.41, 5.74) is 2.55. The van der Waals surface area contributed by atoms with Crippen LogP contribution in [0.1, 0.15) is 64.6 Å². The minimum Gasteiger partial charge on any atom is -0.346 e. The molecule has 0 saturated heterocycles. The molecular formula is C28H26F2N6O3S. The third-order valence-corrected chi connectivity index (χ3v) is 8.25. The number of fused-ring (bicyclic) bond motifs is 2. The smallest absolute Gasteiger partial charge is 0.281 e. The molecule has 1 amide bonds. The number of nitrogens with one attached hydrogen (secondary N) is 1. The van der Waals surface area contributed by atoms with Gasteiger partial charge in [-0.15, -0.1) is 0 Å². The number of hydrogen-bond acceptors (Lipinski definition) is 8. The Labute approximate surface area is 229 Å². The first-order valence-electron chi connectivity index (χ1n) is 13.0. The minimum absolute atomic E-state index is 0.0182. The van der Waals surface area contributed by atoms with Gasteiger partial charge in [0.2, 0.25) is 0 Å². The molecule has 6 rings (SSSR count). The molecular weight excluding hydrogens is 538 g/mol. The summed E-state index contributed by atoms with van der Waals surface area (Å²) in [7, 11) is -4.01. The molecule has 0 atom stereocenters. The van der Waals surface area contributed by atoms with Gasteiger partial charge in [0.15, 0.2) is 9.84 Å². The molecule has 206 valence electrons. The zero-order chi connectivity index (χ0) is 28.0. The first-order valence-corrected chi connectivity index (χ1v) is 14.9. The predicted octanol–water partition coefficient (Wildman–Crippen LogP) is 4.65. The van der Waals surface area contributed by atoms with E-state index in [2.05, 4.69) is 32.3 Å². The first kappa shape index (κ1) is 26.2. The third-order valence-electron chi connectivity index (χ3n) is 7.13. The standard InChI is InChI=1S/C28H26F2N6O3S/c1-40(38,39)23-11-19(14-32-25(23)26(29)30)28(37)33-15-20-12-22-18(13-31-20)7-9-24(34-22)36-10-2-3-17-6-8-21(16-4-5-16)35-27(17)36/h6-9,11-14,16,26H,2-5,10,15H2,1H3,(H,33,37). The van der Waals surface area contributed by atoms with Gasteiger partial charge in [0.25, 0.3) is 12.3 Å². The molecule has 0 spiro atoms. The van der Waals surface area contributed by atoms with Crippen LogP contribution in [-0.4, -0.2) is 47.1 Å². The molecule has 0 aromatic carbocycles. The Bertz CT molecular complexity index is 1740. The summed E-state index contributed by atoms with van der Waals surface area (Å²) in [5.74, 6) is 1.64. The van der Waals surface area contributed by atoms with Crippen molar-refractivity contribution in [3.63, 3.8) is 0 Å². The number of pyridine rings is 4. The van der Waals surface area contributed by atoms with Crippen molar-refractivity contribution in [2.24, 2.45) is 0 Å². The Morgan fingerprint density at radius 1 is 1.10 bits per heavy atom. The molecule has 1 aliphatic carbocycles. The van der Waals surface area contributed by atoms with Gasteiger partial charge >= 0.3 is 0 Å². The Morgan fingerprint density at radius 3 is 2.67 bits per heavy atom. The van der Waals surface area contributed by atoms with Gasteiger partial charge in [0, 0.05) is 42.2 Å². The minimum atomic E-state index is -4.01. The highest BCUT2D eigenvalue weighted by molar-refractivity contribution is 7.90. The molecule has 4 aromatic rings. The maximum Gasteiger partial charge on any atom is 0.281 e. The summed E-state index contributed by atoms with van der Waals surface area (Å²) >= 11 is 0. The normalized spacial score (nSPS) is 15.3. The molecule has 0 unspecified atom stereocenters. The number of alkyl halides is 2. The van der Waals surface area contributed by atoms with Crippen molar-refractivity contribution in [3.8, 4) is 0 Å². The van der Waals surface area contributed by atoms with Gasteiger partial charge in [-0.3, -0.25) is 14.8 Å². The lowest BCUT2D eigenvalue weighted by atomic mass is 10.0. The van der Waals surface area contributed by atoms with Crippen LogP contribution < -0.4 is 10.2 Å². The number of aryl methyl sites for hydroxylation is 1. The van der Waals surface area contributed by atoms with Crippen LogP contribution in [0.3, 0.4) is 0 Å². The highest BCUT2D eigenvalue weighted by atomic mass is 32.2. The van der Waals surface area contributed by atoms with Crippen molar-refractivity contribution in [1.29, 1.82) is 0 Å². The Morgan fingerprint density at radius 2 is 1.93 bits per heavy atom. The van der Waals surface area contributed by atoms with Crippen LogP contribution in [0.15, 0.2) is 53.7 Å². The fraction of sp³-hybridized carbons (Fsp3) is 0.321.